The van der Waals surface area contributed by atoms with Crippen molar-refractivity contribution >= 4 is 56.0 Å². The smallest absolute Gasteiger partial charge is 0.135 e. The number of allylic oxidation sites excluding steroid dienone is 7. The summed E-state index contributed by atoms with van der Waals surface area (Å²) in [5, 5.41) is 3.72. The van der Waals surface area contributed by atoms with Gasteiger partial charge in [-0.15, -0.1) is 0 Å². The zero-order valence-corrected chi connectivity index (χ0v) is 32.3. The Morgan fingerprint density at radius 1 is 0.441 bits per heavy atom. The Bertz CT molecular complexity index is 3330. The van der Waals surface area contributed by atoms with Gasteiger partial charge in [0.25, 0.3) is 0 Å². The zero-order chi connectivity index (χ0) is 38.9. The van der Waals surface area contributed by atoms with Crippen LogP contribution in [0.15, 0.2) is 200 Å². The Labute approximate surface area is 343 Å². The van der Waals surface area contributed by atoms with E-state index in [1.54, 1.807) is 0 Å². The maximum Gasteiger partial charge on any atom is 0.135 e. The molecule has 0 spiro atoms. The van der Waals surface area contributed by atoms with Crippen LogP contribution in [0.25, 0.3) is 89.6 Å². The van der Waals surface area contributed by atoms with Crippen LogP contribution in [0.4, 0.5) is 0 Å². The molecule has 0 amide bonds. The van der Waals surface area contributed by atoms with Crippen molar-refractivity contribution in [3.8, 4) is 39.4 Å². The quantitative estimate of drug-likeness (QED) is 0.175. The first kappa shape index (κ1) is 33.5. The van der Waals surface area contributed by atoms with Gasteiger partial charge in [0.2, 0.25) is 0 Å². The minimum Gasteiger partial charge on any atom is -0.456 e. The van der Waals surface area contributed by atoms with E-state index < -0.39 is 0 Å². The predicted molar refractivity (Wildman–Crippen MR) is 247 cm³/mol. The molecular weight excluding hydrogens is 717 g/mol. The fourth-order valence-corrected chi connectivity index (χ4v) is 9.45. The van der Waals surface area contributed by atoms with Crippen LogP contribution in [-0.4, -0.2) is 9.13 Å². The summed E-state index contributed by atoms with van der Waals surface area (Å²) in [7, 11) is 0. The molecule has 0 N–H and O–H groups in total. The van der Waals surface area contributed by atoms with E-state index in [1.807, 2.05) is 6.07 Å². The summed E-state index contributed by atoms with van der Waals surface area (Å²) in [6, 6.07) is 59.5. The highest BCUT2D eigenvalue weighted by Crippen LogP contribution is 2.44. The minimum absolute atomic E-state index is 0.796. The van der Waals surface area contributed by atoms with Crippen LogP contribution < -0.4 is 4.74 Å². The number of aromatic nitrogens is 2. The summed E-state index contributed by atoms with van der Waals surface area (Å²) < 4.78 is 11.5. The van der Waals surface area contributed by atoms with Gasteiger partial charge in [0, 0.05) is 44.2 Å². The van der Waals surface area contributed by atoms with E-state index in [1.165, 1.54) is 83.0 Å². The van der Waals surface area contributed by atoms with Crippen molar-refractivity contribution in [2.24, 2.45) is 0 Å². The number of nitrogens with zero attached hydrogens (tertiary/aromatic N) is 2. The van der Waals surface area contributed by atoms with Crippen molar-refractivity contribution in [2.45, 2.75) is 12.8 Å². The normalized spacial score (nSPS) is 14.3. The molecular formula is C56H38N2O. The number of para-hydroxylation sites is 3. The first-order valence-electron chi connectivity index (χ1n) is 20.5. The van der Waals surface area contributed by atoms with Gasteiger partial charge in [0.15, 0.2) is 0 Å². The lowest BCUT2D eigenvalue weighted by Crippen LogP contribution is -1.96. The van der Waals surface area contributed by atoms with Gasteiger partial charge in [-0.3, -0.25) is 0 Å². The molecule has 0 fully saturated rings. The predicted octanol–water partition coefficient (Wildman–Crippen LogP) is 14.6. The number of fused-ring (bicyclic) bond motifs is 10. The highest BCUT2D eigenvalue weighted by atomic mass is 16.5. The van der Waals surface area contributed by atoms with Crippen LogP contribution in [-0.2, 0) is 0 Å². The second-order valence-corrected chi connectivity index (χ2v) is 15.6. The summed E-state index contributed by atoms with van der Waals surface area (Å²) in [5.41, 5.74) is 17.8. The van der Waals surface area contributed by atoms with E-state index in [4.69, 9.17) is 4.74 Å². The van der Waals surface area contributed by atoms with Crippen molar-refractivity contribution in [1.82, 2.24) is 9.13 Å². The maximum atomic E-state index is 6.67. The standard InChI is InChI=1S/C56H38N2O/c1-4-16-41(17-5-1)57-51-24-9-3-8-22-45(51)47-33-39(28-30-52(47)57)40-29-32-54-49(35-40)48-34-38(27-31-53(48)58(54)42-18-6-2-7-19-42)37-15-14-26-56-50(36-37)44-21-11-10-20-43(44)46-23-12-13-25-55(46)59-56/h1-2,4-14,16-36H,3,15H2. The molecule has 0 saturated carbocycles. The number of hydrogen-bond acceptors (Lipinski definition) is 1. The first-order valence-corrected chi connectivity index (χ1v) is 20.5. The summed E-state index contributed by atoms with van der Waals surface area (Å²) in [6.07, 6.45) is 17.6. The monoisotopic (exact) mass is 754 g/mol. The van der Waals surface area contributed by atoms with Gasteiger partial charge >= 0.3 is 0 Å². The molecule has 0 atom stereocenters. The zero-order valence-electron chi connectivity index (χ0n) is 32.3. The Morgan fingerprint density at radius 3 is 1.76 bits per heavy atom. The van der Waals surface area contributed by atoms with E-state index in [2.05, 4.69) is 209 Å². The highest BCUT2D eigenvalue weighted by molar-refractivity contribution is 6.12. The van der Waals surface area contributed by atoms with E-state index in [9.17, 15) is 0 Å². The third-order valence-electron chi connectivity index (χ3n) is 12.2. The molecule has 2 aromatic heterocycles. The van der Waals surface area contributed by atoms with Crippen molar-refractivity contribution in [2.75, 3.05) is 0 Å². The molecule has 0 unspecified atom stereocenters. The molecule has 3 heteroatoms. The molecule has 0 radical (unpaired) electrons. The van der Waals surface area contributed by atoms with Gasteiger partial charge in [0.1, 0.15) is 11.5 Å². The average Bonchev–Trinajstić information content (AvgIpc) is 3.45. The molecule has 3 nitrogen and oxygen atoms in total. The molecule has 2 aliphatic carbocycles. The lowest BCUT2D eigenvalue weighted by atomic mass is 9.92. The van der Waals surface area contributed by atoms with Gasteiger partial charge in [0.05, 0.1) is 22.2 Å². The highest BCUT2D eigenvalue weighted by Gasteiger charge is 2.23. The fraction of sp³-hybridized carbons (Fsp3) is 0.0357. The number of hydrogen-bond donors (Lipinski definition) is 0. The molecule has 59 heavy (non-hydrogen) atoms. The van der Waals surface area contributed by atoms with Crippen molar-refractivity contribution < 1.29 is 4.74 Å². The van der Waals surface area contributed by atoms with Gasteiger partial charge in [-0.1, -0.05) is 121 Å². The first-order chi connectivity index (χ1) is 29.3. The molecule has 3 aliphatic rings. The maximum absolute atomic E-state index is 6.67. The van der Waals surface area contributed by atoms with Gasteiger partial charge in [-0.25, -0.2) is 0 Å². The fourth-order valence-electron chi connectivity index (χ4n) is 9.45. The Morgan fingerprint density at radius 2 is 1.02 bits per heavy atom. The number of benzene rings is 7. The van der Waals surface area contributed by atoms with Crippen LogP contribution in [0.1, 0.15) is 35.2 Å². The molecule has 1 aliphatic heterocycles. The summed E-state index contributed by atoms with van der Waals surface area (Å²) in [4.78, 5) is 0. The second kappa shape index (κ2) is 13.5. The van der Waals surface area contributed by atoms with Gasteiger partial charge in [-0.2, -0.15) is 0 Å². The number of rotatable bonds is 4. The molecule has 7 aromatic carbocycles. The van der Waals surface area contributed by atoms with E-state index >= 15 is 0 Å². The molecule has 278 valence electrons. The molecule has 3 heterocycles. The minimum atomic E-state index is 0.796. The lowest BCUT2D eigenvalue weighted by molar-refractivity contribution is 0.450. The van der Waals surface area contributed by atoms with E-state index in [-0.39, 0.29) is 0 Å². The van der Waals surface area contributed by atoms with Crippen molar-refractivity contribution in [3.05, 3.63) is 222 Å². The van der Waals surface area contributed by atoms with Gasteiger partial charge in [-0.05, 0) is 131 Å². The molecule has 0 saturated heterocycles. The summed E-state index contributed by atoms with van der Waals surface area (Å²) in [6.45, 7) is 0. The van der Waals surface area contributed by atoms with Crippen LogP contribution in [0, 0.1) is 0 Å². The van der Waals surface area contributed by atoms with Crippen LogP contribution >= 0.6 is 0 Å². The third kappa shape index (κ3) is 5.43. The lowest BCUT2D eigenvalue weighted by Gasteiger charge is -2.11. The van der Waals surface area contributed by atoms with E-state index in [0.29, 0.717) is 0 Å². The van der Waals surface area contributed by atoms with E-state index in [0.717, 1.165) is 41.2 Å². The van der Waals surface area contributed by atoms with Gasteiger partial charge < -0.3 is 13.9 Å². The topological polar surface area (TPSA) is 19.1 Å². The van der Waals surface area contributed by atoms with Crippen LogP contribution in [0.5, 0.6) is 5.75 Å². The third-order valence-corrected chi connectivity index (χ3v) is 12.2. The summed E-state index contributed by atoms with van der Waals surface area (Å²) >= 11 is 0. The number of ether oxygens (including phenoxy) is 1. The van der Waals surface area contributed by atoms with Crippen molar-refractivity contribution in [3.63, 3.8) is 0 Å². The van der Waals surface area contributed by atoms with Crippen molar-refractivity contribution in [1.29, 1.82) is 0 Å². The Kier molecular flexibility index (Phi) is 7.67. The summed E-state index contributed by atoms with van der Waals surface area (Å²) in [5.74, 6) is 1.76. The SMILES string of the molecule is C1=Cc2c(n(-c3ccccc3)c3ccc(-c4ccc5c(c4)c4cc(C6=CC7=C(C=CC6)Oc6ccccc6-c6ccccc67)ccc4n5-c4ccccc4)cc23)C=CC1. The molecule has 12 rings (SSSR count). The largest absolute Gasteiger partial charge is 0.456 e. The molecule has 9 aromatic rings. The Balaban J connectivity index is 1.03. The van der Waals surface area contributed by atoms with Crippen LogP contribution in [0.3, 0.4) is 0 Å². The Hall–Kier alpha value is -7.62. The second-order valence-electron chi connectivity index (χ2n) is 15.6. The van der Waals surface area contributed by atoms with Crippen LogP contribution in [0.2, 0.25) is 0 Å². The average molecular weight is 755 g/mol. The molecule has 0 bridgehead atoms.